The first kappa shape index (κ1) is 24.1. The van der Waals surface area contributed by atoms with Gasteiger partial charge in [0.05, 0.1) is 23.1 Å². The van der Waals surface area contributed by atoms with Crippen molar-refractivity contribution in [3.05, 3.63) is 76.7 Å². The first-order valence-corrected chi connectivity index (χ1v) is 12.1. The van der Waals surface area contributed by atoms with Gasteiger partial charge in [-0.1, -0.05) is 17.7 Å². The number of fused-ring (bicyclic) bond motifs is 2. The molecule has 9 nitrogen and oxygen atoms in total. The smallest absolute Gasteiger partial charge is 0.283 e. The number of aliphatic hydroxyl groups is 1. The van der Waals surface area contributed by atoms with Crippen LogP contribution in [0.15, 0.2) is 49.1 Å². The van der Waals surface area contributed by atoms with Gasteiger partial charge in [-0.15, -0.1) is 0 Å². The second-order valence-electron chi connectivity index (χ2n) is 9.06. The number of alkyl halides is 2. The van der Waals surface area contributed by atoms with Crippen LogP contribution < -0.4 is 4.90 Å². The van der Waals surface area contributed by atoms with E-state index < -0.39 is 18.2 Å². The molecule has 0 unspecified atom stereocenters. The number of pyridine rings is 1. The third kappa shape index (κ3) is 3.81. The average molecular weight is 533 g/mol. The summed E-state index contributed by atoms with van der Waals surface area (Å²) in [5, 5.41) is 26.0. The van der Waals surface area contributed by atoms with Crippen LogP contribution in [0.3, 0.4) is 0 Å². The monoisotopic (exact) mass is 532 g/mol. The van der Waals surface area contributed by atoms with Crippen LogP contribution in [0.2, 0.25) is 5.02 Å². The van der Waals surface area contributed by atoms with Crippen molar-refractivity contribution in [1.29, 1.82) is 5.26 Å². The molecular weight excluding hydrogens is 514 g/mol. The van der Waals surface area contributed by atoms with E-state index in [1.807, 2.05) is 23.1 Å². The Bertz CT molecular complexity index is 1730. The van der Waals surface area contributed by atoms with E-state index in [1.54, 1.807) is 25.3 Å². The first-order chi connectivity index (χ1) is 18.4. The molecule has 1 N–H and O–H groups in total. The fourth-order valence-electron chi connectivity index (χ4n) is 4.96. The lowest BCUT2D eigenvalue weighted by atomic mass is 9.90. The Balaban J connectivity index is 1.55. The number of benzene rings is 1. The van der Waals surface area contributed by atoms with Crippen LogP contribution in [0.25, 0.3) is 27.7 Å². The van der Waals surface area contributed by atoms with Crippen molar-refractivity contribution in [2.45, 2.75) is 19.5 Å². The molecule has 5 heterocycles. The Morgan fingerprint density at radius 2 is 1.97 bits per heavy atom. The number of nitrogens with zero attached hydrogens (tertiary/aromatic N) is 8. The number of rotatable bonds is 5. The Morgan fingerprint density at radius 3 is 2.68 bits per heavy atom. The van der Waals surface area contributed by atoms with Gasteiger partial charge in [-0.05, 0) is 30.7 Å². The van der Waals surface area contributed by atoms with Crippen LogP contribution in [0.5, 0.6) is 0 Å². The molecule has 0 spiro atoms. The molecule has 1 saturated heterocycles. The summed E-state index contributed by atoms with van der Waals surface area (Å²) in [5.74, 6) is 0.317. The van der Waals surface area contributed by atoms with E-state index in [-0.39, 0.29) is 17.1 Å². The minimum absolute atomic E-state index is 0.0541. The number of hydrogen-bond acceptors (Lipinski definition) is 8. The first-order valence-electron chi connectivity index (χ1n) is 11.7. The maximum atomic E-state index is 13.9. The molecule has 38 heavy (non-hydrogen) atoms. The molecule has 0 aliphatic carbocycles. The van der Waals surface area contributed by atoms with E-state index in [4.69, 9.17) is 11.6 Å². The number of nitriles is 1. The predicted octanol–water partition coefficient (Wildman–Crippen LogP) is 4.68. The van der Waals surface area contributed by atoms with Crippen molar-refractivity contribution in [1.82, 2.24) is 29.5 Å². The van der Waals surface area contributed by atoms with Crippen LogP contribution in [0.4, 0.5) is 14.6 Å². The van der Waals surface area contributed by atoms with E-state index in [9.17, 15) is 19.1 Å². The van der Waals surface area contributed by atoms with Gasteiger partial charge in [0.25, 0.3) is 6.43 Å². The van der Waals surface area contributed by atoms with E-state index in [2.05, 4.69) is 25.0 Å². The molecule has 0 radical (unpaired) electrons. The molecular formula is C26H19ClF2N8O. The maximum Gasteiger partial charge on any atom is 0.283 e. The van der Waals surface area contributed by atoms with Gasteiger partial charge in [0, 0.05) is 53.6 Å². The van der Waals surface area contributed by atoms with Crippen LogP contribution in [0, 0.1) is 24.2 Å². The van der Waals surface area contributed by atoms with Crippen LogP contribution in [-0.2, 0) is 0 Å². The molecule has 190 valence electrons. The fourth-order valence-corrected chi connectivity index (χ4v) is 5.12. The van der Waals surface area contributed by atoms with E-state index in [1.165, 1.54) is 23.1 Å². The van der Waals surface area contributed by atoms with Crippen molar-refractivity contribution < 1.29 is 13.9 Å². The summed E-state index contributed by atoms with van der Waals surface area (Å²) >= 11 is 6.19. The summed E-state index contributed by atoms with van der Waals surface area (Å²) in [4.78, 5) is 19.1. The van der Waals surface area contributed by atoms with Crippen molar-refractivity contribution >= 4 is 34.0 Å². The Labute approximate surface area is 220 Å². The second-order valence-corrected chi connectivity index (χ2v) is 9.50. The number of aliphatic hydroxyl groups excluding tert-OH is 1. The lowest BCUT2D eigenvalue weighted by molar-refractivity contribution is 0.0860. The quantitative estimate of drug-likeness (QED) is 0.347. The van der Waals surface area contributed by atoms with Crippen molar-refractivity contribution in [2.24, 2.45) is 5.92 Å². The predicted molar refractivity (Wildman–Crippen MR) is 136 cm³/mol. The molecule has 1 aromatic carbocycles. The number of hydrogen-bond donors (Lipinski definition) is 1. The highest BCUT2D eigenvalue weighted by atomic mass is 35.5. The topological polar surface area (TPSA) is 116 Å². The van der Waals surface area contributed by atoms with Crippen LogP contribution in [-0.4, -0.2) is 47.7 Å². The van der Waals surface area contributed by atoms with Crippen molar-refractivity contribution in [2.75, 3.05) is 18.0 Å². The molecule has 1 atom stereocenters. The molecule has 5 aromatic rings. The third-order valence-electron chi connectivity index (χ3n) is 6.78. The lowest BCUT2D eigenvalue weighted by Crippen LogP contribution is -2.50. The zero-order valence-electron chi connectivity index (χ0n) is 19.9. The maximum absolute atomic E-state index is 13.9. The minimum Gasteiger partial charge on any atom is -0.386 e. The second kappa shape index (κ2) is 9.24. The fraction of sp³-hybridized carbons (Fsp3) is 0.231. The number of aromatic nitrogens is 6. The highest BCUT2D eigenvalue weighted by molar-refractivity contribution is 6.31. The summed E-state index contributed by atoms with van der Waals surface area (Å²) in [5.41, 5.74) is 2.23. The van der Waals surface area contributed by atoms with Gasteiger partial charge in [-0.3, -0.25) is 15.0 Å². The Hall–Kier alpha value is -4.27. The third-order valence-corrected chi connectivity index (χ3v) is 7.02. The minimum atomic E-state index is -2.95. The summed E-state index contributed by atoms with van der Waals surface area (Å²) in [6, 6.07) is 9.02. The van der Waals surface area contributed by atoms with E-state index >= 15 is 0 Å². The van der Waals surface area contributed by atoms with E-state index in [0.29, 0.717) is 46.4 Å². The summed E-state index contributed by atoms with van der Waals surface area (Å²) in [6.07, 6.45) is 2.41. The molecule has 12 heteroatoms. The molecule has 0 bridgehead atoms. The van der Waals surface area contributed by atoms with Gasteiger partial charge in [0.1, 0.15) is 29.2 Å². The molecule has 4 aromatic heterocycles. The zero-order valence-corrected chi connectivity index (χ0v) is 20.7. The molecule has 1 fully saturated rings. The van der Waals surface area contributed by atoms with Gasteiger partial charge in [-0.25, -0.2) is 13.8 Å². The molecule has 0 saturated carbocycles. The van der Waals surface area contributed by atoms with Gasteiger partial charge < -0.3 is 10.0 Å². The lowest BCUT2D eigenvalue weighted by Gasteiger charge is -2.43. The Kier molecular flexibility index (Phi) is 5.86. The highest BCUT2D eigenvalue weighted by Crippen LogP contribution is 2.42. The van der Waals surface area contributed by atoms with Crippen molar-refractivity contribution in [3.63, 3.8) is 0 Å². The number of halogens is 3. The standard InChI is InChI=1S/C26H19ClF2N8O/c1-13-21(17-4-5-32-19-8-15(27)2-3-16(17)19)26(37-25(34-13)18(9-30)22(35-37)24(28)29)36-11-14(12-36)23(38)20-10-31-6-7-33-20/h2-8,10,14,23-24,38H,11-12H2,1H3/t23-/m0/s1. The van der Waals surface area contributed by atoms with Crippen molar-refractivity contribution in [3.8, 4) is 17.2 Å². The van der Waals surface area contributed by atoms with Gasteiger partial charge in [0.15, 0.2) is 5.65 Å². The highest BCUT2D eigenvalue weighted by Gasteiger charge is 2.38. The zero-order chi connectivity index (χ0) is 26.6. The largest absolute Gasteiger partial charge is 0.386 e. The van der Waals surface area contributed by atoms with Gasteiger partial charge in [0.2, 0.25) is 0 Å². The average Bonchev–Trinajstić information content (AvgIpc) is 3.26. The van der Waals surface area contributed by atoms with E-state index in [0.717, 1.165) is 10.9 Å². The van der Waals surface area contributed by atoms with Crippen LogP contribution >= 0.6 is 11.6 Å². The molecule has 0 amide bonds. The summed E-state index contributed by atoms with van der Waals surface area (Å²) in [6.45, 7) is 2.55. The molecule has 1 aliphatic heterocycles. The molecule has 1 aliphatic rings. The summed E-state index contributed by atoms with van der Waals surface area (Å²) < 4.78 is 29.1. The van der Waals surface area contributed by atoms with Gasteiger partial charge >= 0.3 is 0 Å². The molecule has 6 rings (SSSR count). The van der Waals surface area contributed by atoms with Gasteiger partial charge in [-0.2, -0.15) is 14.9 Å². The van der Waals surface area contributed by atoms with Crippen LogP contribution in [0.1, 0.15) is 35.2 Å². The summed E-state index contributed by atoms with van der Waals surface area (Å²) in [7, 11) is 0. The number of anilines is 1. The number of aryl methyl sites for hydroxylation is 1. The SMILES string of the molecule is Cc1nc2c(C#N)c(C(F)F)nn2c(N2CC([C@H](O)c3cnccn3)C2)c1-c1ccnc2cc(Cl)ccc12. The Morgan fingerprint density at radius 1 is 1.16 bits per heavy atom. The normalized spacial score (nSPS) is 14.7.